The SMILES string of the molecule is CCOc1ncccc1C(=O)NNC(=O)c1ccc(CSc2nc(C)cc(C)n2)cc1. The van der Waals surface area contributed by atoms with E-state index in [0.29, 0.717) is 17.9 Å². The number of carbonyl (C=O) groups is 2. The molecule has 160 valence electrons. The maximum Gasteiger partial charge on any atom is 0.275 e. The van der Waals surface area contributed by atoms with Crippen LogP contribution in [0.2, 0.25) is 0 Å². The van der Waals surface area contributed by atoms with E-state index in [4.69, 9.17) is 4.74 Å². The number of aryl methyl sites for hydroxylation is 2. The first-order valence-electron chi connectivity index (χ1n) is 9.68. The fourth-order valence-electron chi connectivity index (χ4n) is 2.73. The lowest BCUT2D eigenvalue weighted by atomic mass is 10.1. The van der Waals surface area contributed by atoms with Gasteiger partial charge >= 0.3 is 0 Å². The summed E-state index contributed by atoms with van der Waals surface area (Å²) in [6.45, 7) is 6.06. The Balaban J connectivity index is 1.55. The first kappa shape index (κ1) is 22.2. The molecule has 0 fully saturated rings. The molecular weight excluding hydrogens is 414 g/mol. The van der Waals surface area contributed by atoms with E-state index in [1.54, 1.807) is 31.2 Å². The summed E-state index contributed by atoms with van der Waals surface area (Å²) >= 11 is 1.54. The smallest absolute Gasteiger partial charge is 0.275 e. The highest BCUT2D eigenvalue weighted by Gasteiger charge is 2.14. The third-order valence-electron chi connectivity index (χ3n) is 4.13. The van der Waals surface area contributed by atoms with Gasteiger partial charge in [0.2, 0.25) is 5.88 Å². The molecule has 0 aliphatic heterocycles. The summed E-state index contributed by atoms with van der Waals surface area (Å²) in [5.74, 6) is -0.0345. The highest BCUT2D eigenvalue weighted by Crippen LogP contribution is 2.20. The number of amides is 2. The number of aromatic nitrogens is 3. The van der Waals surface area contributed by atoms with Crippen LogP contribution >= 0.6 is 11.8 Å². The standard InChI is InChI=1S/C22H23N5O3S/c1-4-30-21-18(6-5-11-23-21)20(29)27-26-19(28)17-9-7-16(8-10-17)13-31-22-24-14(2)12-15(3)25-22/h5-12H,4,13H2,1-3H3,(H,26,28)(H,27,29). The molecule has 0 radical (unpaired) electrons. The van der Waals surface area contributed by atoms with Gasteiger partial charge in [0.25, 0.3) is 11.8 Å². The van der Waals surface area contributed by atoms with Crippen molar-refractivity contribution in [3.05, 3.63) is 76.7 Å². The zero-order chi connectivity index (χ0) is 22.2. The maximum atomic E-state index is 12.4. The Morgan fingerprint density at radius 2 is 1.68 bits per heavy atom. The summed E-state index contributed by atoms with van der Waals surface area (Å²) in [4.78, 5) is 37.5. The van der Waals surface area contributed by atoms with E-state index in [1.807, 2.05) is 32.0 Å². The molecule has 0 aliphatic rings. The molecule has 0 unspecified atom stereocenters. The van der Waals surface area contributed by atoms with Gasteiger partial charge in [-0.3, -0.25) is 20.4 Å². The zero-order valence-corrected chi connectivity index (χ0v) is 18.3. The molecule has 0 saturated heterocycles. The lowest BCUT2D eigenvalue weighted by Crippen LogP contribution is -2.41. The lowest BCUT2D eigenvalue weighted by molar-refractivity contribution is 0.0844. The average molecular weight is 438 g/mol. The normalized spacial score (nSPS) is 10.4. The minimum atomic E-state index is -0.508. The molecule has 0 spiro atoms. The van der Waals surface area contributed by atoms with Gasteiger partial charge in [0.05, 0.1) is 6.61 Å². The molecule has 3 aromatic rings. The number of nitrogens with zero attached hydrogens (tertiary/aromatic N) is 3. The third kappa shape index (κ3) is 6.26. The third-order valence-corrected chi connectivity index (χ3v) is 5.05. The van der Waals surface area contributed by atoms with Crippen LogP contribution in [0.5, 0.6) is 5.88 Å². The second kappa shape index (κ2) is 10.5. The van der Waals surface area contributed by atoms with E-state index in [0.717, 1.165) is 22.1 Å². The molecule has 2 heterocycles. The lowest BCUT2D eigenvalue weighted by Gasteiger charge is -2.10. The first-order valence-corrected chi connectivity index (χ1v) is 10.7. The van der Waals surface area contributed by atoms with Crippen molar-refractivity contribution >= 4 is 23.6 Å². The number of hydrazine groups is 1. The van der Waals surface area contributed by atoms with Crippen LogP contribution in [0.25, 0.3) is 0 Å². The van der Waals surface area contributed by atoms with Gasteiger partial charge < -0.3 is 4.74 Å². The summed E-state index contributed by atoms with van der Waals surface area (Å²) < 4.78 is 5.34. The van der Waals surface area contributed by atoms with E-state index in [2.05, 4.69) is 25.8 Å². The Hall–Kier alpha value is -3.46. The highest BCUT2D eigenvalue weighted by atomic mass is 32.2. The average Bonchev–Trinajstić information content (AvgIpc) is 2.76. The predicted octanol–water partition coefficient (Wildman–Crippen LogP) is 3.25. The van der Waals surface area contributed by atoms with Crippen LogP contribution in [-0.2, 0) is 5.75 Å². The van der Waals surface area contributed by atoms with Gasteiger partial charge in [-0.05, 0) is 56.7 Å². The topological polar surface area (TPSA) is 106 Å². The fraction of sp³-hybridized carbons (Fsp3) is 0.227. The molecule has 2 aromatic heterocycles. The van der Waals surface area contributed by atoms with Gasteiger partial charge in [-0.25, -0.2) is 15.0 Å². The largest absolute Gasteiger partial charge is 0.477 e. The van der Waals surface area contributed by atoms with Gasteiger partial charge in [-0.15, -0.1) is 0 Å². The number of rotatable bonds is 7. The Morgan fingerprint density at radius 1 is 1.00 bits per heavy atom. The van der Waals surface area contributed by atoms with E-state index < -0.39 is 11.8 Å². The van der Waals surface area contributed by atoms with Gasteiger partial charge in [0.1, 0.15) is 5.56 Å². The predicted molar refractivity (Wildman–Crippen MR) is 118 cm³/mol. The van der Waals surface area contributed by atoms with Crippen molar-refractivity contribution in [2.45, 2.75) is 31.7 Å². The van der Waals surface area contributed by atoms with Gasteiger partial charge in [-0.2, -0.15) is 0 Å². The van der Waals surface area contributed by atoms with Crippen LogP contribution in [0.15, 0.2) is 53.8 Å². The summed E-state index contributed by atoms with van der Waals surface area (Å²) in [5, 5.41) is 0.726. The molecule has 2 N–H and O–H groups in total. The van der Waals surface area contributed by atoms with E-state index in [9.17, 15) is 9.59 Å². The monoisotopic (exact) mass is 437 g/mol. The van der Waals surface area contributed by atoms with Crippen molar-refractivity contribution in [3.63, 3.8) is 0 Å². The first-order chi connectivity index (χ1) is 15.0. The van der Waals surface area contributed by atoms with Crippen molar-refractivity contribution in [3.8, 4) is 5.88 Å². The summed E-state index contributed by atoms with van der Waals surface area (Å²) in [6.07, 6.45) is 1.53. The van der Waals surface area contributed by atoms with Crippen LogP contribution < -0.4 is 15.6 Å². The minimum Gasteiger partial charge on any atom is -0.477 e. The molecular formula is C22H23N5O3S. The second-order valence-electron chi connectivity index (χ2n) is 6.62. The van der Waals surface area contributed by atoms with Crippen molar-refractivity contribution in [1.82, 2.24) is 25.8 Å². The van der Waals surface area contributed by atoms with Crippen molar-refractivity contribution < 1.29 is 14.3 Å². The molecule has 8 nitrogen and oxygen atoms in total. The summed E-state index contributed by atoms with van der Waals surface area (Å²) in [6, 6.07) is 12.3. The molecule has 9 heteroatoms. The number of pyridine rings is 1. The summed E-state index contributed by atoms with van der Waals surface area (Å²) in [5.41, 5.74) is 8.36. The maximum absolute atomic E-state index is 12.4. The van der Waals surface area contributed by atoms with Crippen LogP contribution in [-0.4, -0.2) is 33.4 Å². The highest BCUT2D eigenvalue weighted by molar-refractivity contribution is 7.98. The number of thioether (sulfide) groups is 1. The van der Waals surface area contributed by atoms with Crippen molar-refractivity contribution in [2.75, 3.05) is 6.61 Å². The number of ether oxygens (including phenoxy) is 1. The van der Waals surface area contributed by atoms with E-state index in [-0.39, 0.29) is 11.4 Å². The Labute approximate surface area is 184 Å². The van der Waals surface area contributed by atoms with Crippen molar-refractivity contribution in [2.24, 2.45) is 0 Å². The number of hydrogen-bond acceptors (Lipinski definition) is 7. The van der Waals surface area contributed by atoms with Crippen LogP contribution in [0.4, 0.5) is 0 Å². The zero-order valence-electron chi connectivity index (χ0n) is 17.5. The van der Waals surface area contributed by atoms with Gasteiger partial charge in [-0.1, -0.05) is 23.9 Å². The Kier molecular flexibility index (Phi) is 7.55. The second-order valence-corrected chi connectivity index (χ2v) is 7.56. The molecule has 31 heavy (non-hydrogen) atoms. The van der Waals surface area contributed by atoms with Gasteiger partial charge in [0, 0.05) is 28.9 Å². The van der Waals surface area contributed by atoms with Crippen molar-refractivity contribution in [1.29, 1.82) is 0 Å². The molecule has 2 amide bonds. The number of benzene rings is 1. The van der Waals surface area contributed by atoms with Crippen LogP contribution in [0.3, 0.4) is 0 Å². The molecule has 0 aliphatic carbocycles. The minimum absolute atomic E-state index is 0.214. The number of hydrogen-bond donors (Lipinski definition) is 2. The molecule has 1 aromatic carbocycles. The molecule has 3 rings (SSSR count). The van der Waals surface area contributed by atoms with Gasteiger partial charge in [0.15, 0.2) is 5.16 Å². The quantitative estimate of drug-likeness (QED) is 0.332. The van der Waals surface area contributed by atoms with Crippen LogP contribution in [0, 0.1) is 13.8 Å². The fourth-order valence-corrected chi connectivity index (χ4v) is 3.63. The number of carbonyl (C=O) groups excluding carboxylic acids is 2. The summed E-state index contributed by atoms with van der Waals surface area (Å²) in [7, 11) is 0. The Bertz CT molecular complexity index is 1050. The van der Waals surface area contributed by atoms with Crippen LogP contribution in [0.1, 0.15) is 44.6 Å². The van der Waals surface area contributed by atoms with E-state index in [1.165, 1.54) is 18.0 Å². The Morgan fingerprint density at radius 3 is 2.35 bits per heavy atom. The molecule has 0 bridgehead atoms. The molecule has 0 saturated carbocycles. The number of nitrogens with one attached hydrogen (secondary N) is 2. The molecule has 0 atom stereocenters. The van der Waals surface area contributed by atoms with E-state index >= 15 is 0 Å².